The minimum absolute atomic E-state index is 0.216. The van der Waals surface area contributed by atoms with Crippen LogP contribution < -0.4 is 0 Å². The van der Waals surface area contributed by atoms with E-state index in [-0.39, 0.29) is 5.56 Å². The average molecular weight is 399 g/mol. The van der Waals surface area contributed by atoms with E-state index in [2.05, 4.69) is 6.92 Å². The van der Waals surface area contributed by atoms with Crippen LogP contribution in [-0.4, -0.2) is 0 Å². The molecule has 0 nitrogen and oxygen atoms in total. The first kappa shape index (κ1) is 20.2. The van der Waals surface area contributed by atoms with Crippen LogP contribution >= 0.6 is 11.6 Å². The van der Waals surface area contributed by atoms with Gasteiger partial charge in [0.2, 0.25) is 0 Å². The van der Waals surface area contributed by atoms with Gasteiger partial charge in [-0.25, -0.2) is 8.78 Å². The van der Waals surface area contributed by atoms with Gasteiger partial charge in [0.05, 0.1) is 0 Å². The molecule has 1 aliphatic carbocycles. The molecule has 0 spiro atoms. The van der Waals surface area contributed by atoms with Crippen LogP contribution in [0.25, 0.3) is 11.1 Å². The Kier molecular flexibility index (Phi) is 6.15. The second-order valence-electron chi connectivity index (χ2n) is 7.44. The van der Waals surface area contributed by atoms with E-state index in [1.54, 1.807) is 12.1 Å². The molecule has 2 aromatic carbocycles. The van der Waals surface area contributed by atoms with Crippen molar-refractivity contribution in [2.75, 3.05) is 0 Å². The quantitative estimate of drug-likeness (QED) is 0.353. The Labute approximate surface area is 162 Å². The van der Waals surface area contributed by atoms with Crippen molar-refractivity contribution in [2.45, 2.75) is 56.7 Å². The van der Waals surface area contributed by atoms with E-state index < -0.39 is 22.6 Å². The van der Waals surface area contributed by atoms with Gasteiger partial charge in [0.25, 0.3) is 0 Å². The number of hydrogen-bond acceptors (Lipinski definition) is 0. The van der Waals surface area contributed by atoms with Crippen LogP contribution in [0.4, 0.5) is 17.6 Å². The Morgan fingerprint density at radius 3 is 1.96 bits per heavy atom. The molecule has 5 heteroatoms. The summed E-state index contributed by atoms with van der Waals surface area (Å²) >= 11 is 4.79. The molecule has 0 amide bonds. The van der Waals surface area contributed by atoms with Gasteiger partial charge in [-0.1, -0.05) is 44.0 Å². The van der Waals surface area contributed by atoms with Crippen molar-refractivity contribution < 1.29 is 17.6 Å². The van der Waals surface area contributed by atoms with Crippen molar-refractivity contribution in [3.8, 4) is 11.1 Å². The first-order valence-electron chi connectivity index (χ1n) is 9.46. The Balaban J connectivity index is 1.76. The Morgan fingerprint density at radius 2 is 1.48 bits per heavy atom. The molecule has 0 heterocycles. The van der Waals surface area contributed by atoms with Gasteiger partial charge in [0, 0.05) is 0 Å². The lowest BCUT2D eigenvalue weighted by molar-refractivity contribution is 0.0859. The number of alkyl halides is 3. The fourth-order valence-corrected chi connectivity index (χ4v) is 4.33. The van der Waals surface area contributed by atoms with E-state index in [0.717, 1.165) is 30.9 Å². The lowest BCUT2D eigenvalue weighted by Crippen LogP contribution is -2.13. The maximum Gasteiger partial charge on any atom is 0.353 e. The molecule has 27 heavy (non-hydrogen) atoms. The van der Waals surface area contributed by atoms with Gasteiger partial charge >= 0.3 is 5.38 Å². The van der Waals surface area contributed by atoms with Gasteiger partial charge in [0.15, 0.2) is 0 Å². The van der Waals surface area contributed by atoms with Crippen LogP contribution in [0.15, 0.2) is 36.4 Å². The van der Waals surface area contributed by atoms with E-state index in [9.17, 15) is 17.6 Å². The van der Waals surface area contributed by atoms with E-state index in [1.807, 2.05) is 12.1 Å². The van der Waals surface area contributed by atoms with Crippen LogP contribution in [-0.2, 0) is 5.38 Å². The van der Waals surface area contributed by atoms with Gasteiger partial charge in [-0.2, -0.15) is 8.78 Å². The molecule has 1 saturated carbocycles. The zero-order chi connectivity index (χ0) is 19.6. The molecule has 2 aromatic rings. The summed E-state index contributed by atoms with van der Waals surface area (Å²) in [6.07, 6.45) is 7.32. The first-order valence-corrected chi connectivity index (χ1v) is 9.84. The van der Waals surface area contributed by atoms with Gasteiger partial charge in [-0.15, -0.1) is 0 Å². The zero-order valence-electron chi connectivity index (χ0n) is 15.3. The maximum atomic E-state index is 14.0. The van der Waals surface area contributed by atoms with Crippen molar-refractivity contribution in [2.24, 2.45) is 5.92 Å². The Bertz CT molecular complexity index is 749. The second-order valence-corrected chi connectivity index (χ2v) is 7.92. The molecule has 3 rings (SSSR count). The normalized spacial score (nSPS) is 20.7. The lowest BCUT2D eigenvalue weighted by Gasteiger charge is -2.28. The highest BCUT2D eigenvalue weighted by Gasteiger charge is 2.35. The molecule has 0 saturated heterocycles. The van der Waals surface area contributed by atoms with Crippen LogP contribution in [0, 0.1) is 17.6 Å². The van der Waals surface area contributed by atoms with Crippen LogP contribution in [0.1, 0.15) is 62.5 Å². The van der Waals surface area contributed by atoms with Gasteiger partial charge in [-0.3, -0.25) is 0 Å². The number of rotatable bonds is 5. The van der Waals surface area contributed by atoms with Crippen LogP contribution in [0.2, 0.25) is 0 Å². The molecule has 1 aliphatic rings. The number of benzene rings is 2. The van der Waals surface area contributed by atoms with Gasteiger partial charge in [0.1, 0.15) is 17.2 Å². The SMILES string of the molecule is CCCC1CCC(c2ccc(-c3cc(F)c(C(F)(F)Cl)c(F)c3)cc2)CC1. The minimum Gasteiger partial charge on any atom is -0.206 e. The number of halogens is 5. The van der Waals surface area contributed by atoms with Crippen LogP contribution in [0.5, 0.6) is 0 Å². The third kappa shape index (κ3) is 4.66. The summed E-state index contributed by atoms with van der Waals surface area (Å²) < 4.78 is 54.2. The summed E-state index contributed by atoms with van der Waals surface area (Å²) in [5.74, 6) is -1.35. The summed E-state index contributed by atoms with van der Waals surface area (Å²) in [7, 11) is 0. The van der Waals surface area contributed by atoms with E-state index in [1.165, 1.54) is 31.2 Å². The van der Waals surface area contributed by atoms with Gasteiger partial charge < -0.3 is 0 Å². The van der Waals surface area contributed by atoms with E-state index in [0.29, 0.717) is 11.5 Å². The predicted molar refractivity (Wildman–Crippen MR) is 101 cm³/mol. The summed E-state index contributed by atoms with van der Waals surface area (Å²) in [6, 6.07) is 9.33. The fourth-order valence-electron chi connectivity index (χ4n) is 4.15. The molecule has 0 N–H and O–H groups in total. The van der Waals surface area contributed by atoms with Crippen molar-refractivity contribution in [3.05, 3.63) is 59.2 Å². The summed E-state index contributed by atoms with van der Waals surface area (Å²) in [5.41, 5.74) is 0.612. The predicted octanol–water partition coefficient (Wildman–Crippen LogP) is 7.99. The highest BCUT2D eigenvalue weighted by Crippen LogP contribution is 2.39. The molecule has 0 unspecified atom stereocenters. The molecular weight excluding hydrogens is 376 g/mol. The van der Waals surface area contributed by atoms with Crippen molar-refractivity contribution in [1.29, 1.82) is 0 Å². The third-order valence-electron chi connectivity index (χ3n) is 5.58. The highest BCUT2D eigenvalue weighted by atomic mass is 35.5. The summed E-state index contributed by atoms with van der Waals surface area (Å²) in [4.78, 5) is 0. The van der Waals surface area contributed by atoms with E-state index >= 15 is 0 Å². The van der Waals surface area contributed by atoms with Gasteiger partial charge in [-0.05, 0) is 77.9 Å². The first-order chi connectivity index (χ1) is 12.8. The molecule has 1 fully saturated rings. The zero-order valence-corrected chi connectivity index (χ0v) is 16.0. The maximum absolute atomic E-state index is 14.0. The van der Waals surface area contributed by atoms with E-state index in [4.69, 9.17) is 11.6 Å². The Morgan fingerprint density at radius 1 is 0.926 bits per heavy atom. The summed E-state index contributed by atoms with van der Waals surface area (Å²) in [5, 5.41) is -4.08. The number of hydrogen-bond donors (Lipinski definition) is 0. The largest absolute Gasteiger partial charge is 0.353 e. The lowest BCUT2D eigenvalue weighted by atomic mass is 9.77. The topological polar surface area (TPSA) is 0 Å². The monoisotopic (exact) mass is 398 g/mol. The minimum atomic E-state index is -4.08. The smallest absolute Gasteiger partial charge is 0.206 e. The Hall–Kier alpha value is -1.55. The third-order valence-corrected chi connectivity index (χ3v) is 5.77. The molecule has 0 aliphatic heterocycles. The van der Waals surface area contributed by atoms with Crippen molar-refractivity contribution >= 4 is 11.6 Å². The molecule has 0 atom stereocenters. The molecular formula is C22H23ClF4. The molecule has 0 bridgehead atoms. The molecule has 0 radical (unpaired) electrons. The van der Waals surface area contributed by atoms with Crippen molar-refractivity contribution in [3.63, 3.8) is 0 Å². The molecule has 146 valence electrons. The average Bonchev–Trinajstić information content (AvgIpc) is 2.61. The second kappa shape index (κ2) is 8.22. The van der Waals surface area contributed by atoms with Crippen molar-refractivity contribution in [1.82, 2.24) is 0 Å². The molecule has 0 aromatic heterocycles. The summed E-state index contributed by atoms with van der Waals surface area (Å²) in [6.45, 7) is 2.22. The highest BCUT2D eigenvalue weighted by molar-refractivity contribution is 6.21. The van der Waals surface area contributed by atoms with Crippen LogP contribution in [0.3, 0.4) is 0 Å². The fraction of sp³-hybridized carbons (Fsp3) is 0.455. The standard InChI is InChI=1S/C22H23ClF4/c1-2-3-14-4-6-15(7-5-14)16-8-10-17(11-9-16)18-12-19(24)21(20(25)13-18)22(23,26)27/h8-15H,2-7H2,1H3.